The SMILES string of the molecule is CC(=O)OOc1ccc(N)cc1F. The number of benzene rings is 1. The summed E-state index contributed by atoms with van der Waals surface area (Å²) in [6, 6.07) is 3.77. The molecule has 70 valence electrons. The van der Waals surface area contributed by atoms with Crippen LogP contribution in [0.25, 0.3) is 0 Å². The summed E-state index contributed by atoms with van der Waals surface area (Å²) in [7, 11) is 0. The van der Waals surface area contributed by atoms with Crippen molar-refractivity contribution in [3.63, 3.8) is 0 Å². The number of halogens is 1. The Kier molecular flexibility index (Phi) is 2.69. The Hall–Kier alpha value is -1.78. The highest BCUT2D eigenvalue weighted by Gasteiger charge is 2.05. The van der Waals surface area contributed by atoms with Gasteiger partial charge in [-0.05, 0) is 12.1 Å². The smallest absolute Gasteiger partial charge is 0.352 e. The molecule has 0 aromatic heterocycles. The van der Waals surface area contributed by atoms with Gasteiger partial charge in [-0.3, -0.25) is 9.78 Å². The van der Waals surface area contributed by atoms with Crippen LogP contribution in [0, 0.1) is 5.82 Å². The zero-order valence-electron chi connectivity index (χ0n) is 6.91. The van der Waals surface area contributed by atoms with Crippen molar-refractivity contribution in [2.75, 3.05) is 5.73 Å². The first kappa shape index (κ1) is 9.31. The minimum absolute atomic E-state index is 0.176. The van der Waals surface area contributed by atoms with Crippen molar-refractivity contribution in [2.24, 2.45) is 0 Å². The molecule has 0 heterocycles. The fourth-order valence-electron chi connectivity index (χ4n) is 0.688. The monoisotopic (exact) mass is 185 g/mol. The molecule has 0 atom stereocenters. The summed E-state index contributed by atoms with van der Waals surface area (Å²) in [5.74, 6) is -1.51. The average molecular weight is 185 g/mol. The third kappa shape index (κ3) is 2.62. The molecule has 0 aliphatic carbocycles. The van der Waals surface area contributed by atoms with Crippen LogP contribution in [0.5, 0.6) is 5.75 Å². The molecule has 0 aliphatic heterocycles. The van der Waals surface area contributed by atoms with Crippen LogP contribution in [-0.2, 0) is 9.68 Å². The molecule has 5 heteroatoms. The molecular formula is C8H8FNO3. The van der Waals surface area contributed by atoms with Gasteiger partial charge in [-0.15, -0.1) is 0 Å². The van der Waals surface area contributed by atoms with E-state index in [0.717, 1.165) is 13.0 Å². The third-order valence-corrected chi connectivity index (χ3v) is 1.20. The van der Waals surface area contributed by atoms with E-state index in [1.54, 1.807) is 0 Å². The van der Waals surface area contributed by atoms with E-state index in [-0.39, 0.29) is 11.4 Å². The van der Waals surface area contributed by atoms with Gasteiger partial charge >= 0.3 is 5.97 Å². The highest BCUT2D eigenvalue weighted by molar-refractivity contribution is 5.65. The summed E-state index contributed by atoms with van der Waals surface area (Å²) in [6.45, 7) is 1.15. The topological polar surface area (TPSA) is 61.5 Å². The maximum atomic E-state index is 12.9. The third-order valence-electron chi connectivity index (χ3n) is 1.20. The first-order chi connectivity index (χ1) is 6.09. The Morgan fingerprint density at radius 1 is 1.54 bits per heavy atom. The van der Waals surface area contributed by atoms with Gasteiger partial charge in [0.1, 0.15) is 0 Å². The van der Waals surface area contributed by atoms with Crippen LogP contribution in [0.15, 0.2) is 18.2 Å². The van der Waals surface area contributed by atoms with E-state index in [0.29, 0.717) is 0 Å². The summed E-state index contributed by atoms with van der Waals surface area (Å²) in [5.41, 5.74) is 5.55. The molecule has 0 radical (unpaired) electrons. The molecule has 0 bridgehead atoms. The number of anilines is 1. The Labute approximate surface area is 74.0 Å². The molecular weight excluding hydrogens is 177 g/mol. The summed E-state index contributed by atoms with van der Waals surface area (Å²) >= 11 is 0. The number of carbonyl (C=O) groups excluding carboxylic acids is 1. The quantitative estimate of drug-likeness (QED) is 0.428. The van der Waals surface area contributed by atoms with Crippen LogP contribution < -0.4 is 10.6 Å². The summed E-state index contributed by atoms with van der Waals surface area (Å²) in [4.78, 5) is 18.8. The molecule has 2 N–H and O–H groups in total. The predicted octanol–water partition coefficient (Wildman–Crippen LogP) is 1.26. The number of hydrogen-bond donors (Lipinski definition) is 1. The summed E-state index contributed by atoms with van der Waals surface area (Å²) in [6.07, 6.45) is 0. The number of rotatable bonds is 2. The molecule has 0 amide bonds. The van der Waals surface area contributed by atoms with E-state index in [1.807, 2.05) is 0 Å². The largest absolute Gasteiger partial charge is 0.399 e. The first-order valence-electron chi connectivity index (χ1n) is 3.49. The lowest BCUT2D eigenvalue weighted by Gasteiger charge is -2.03. The van der Waals surface area contributed by atoms with Gasteiger partial charge in [-0.1, -0.05) is 0 Å². The number of carbonyl (C=O) groups is 1. The molecule has 4 nitrogen and oxygen atoms in total. The second kappa shape index (κ2) is 3.75. The molecule has 1 aromatic rings. The maximum absolute atomic E-state index is 12.9. The number of hydrogen-bond acceptors (Lipinski definition) is 4. The van der Waals surface area contributed by atoms with Gasteiger partial charge in [0, 0.05) is 18.7 Å². The van der Waals surface area contributed by atoms with Gasteiger partial charge in [-0.2, -0.15) is 0 Å². The van der Waals surface area contributed by atoms with Crippen molar-refractivity contribution >= 4 is 11.7 Å². The normalized spacial score (nSPS) is 9.38. The van der Waals surface area contributed by atoms with Gasteiger partial charge < -0.3 is 5.73 Å². The van der Waals surface area contributed by atoms with Crippen molar-refractivity contribution < 1.29 is 19.0 Å². The van der Waals surface area contributed by atoms with Crippen molar-refractivity contribution in [3.05, 3.63) is 24.0 Å². The second-order valence-corrected chi connectivity index (χ2v) is 2.35. The van der Waals surface area contributed by atoms with Crippen molar-refractivity contribution in [1.29, 1.82) is 0 Å². The van der Waals surface area contributed by atoms with Crippen LogP contribution in [0.2, 0.25) is 0 Å². The van der Waals surface area contributed by atoms with Crippen LogP contribution in [0.3, 0.4) is 0 Å². The lowest BCUT2D eigenvalue weighted by molar-refractivity contribution is -0.211. The zero-order chi connectivity index (χ0) is 9.84. The lowest BCUT2D eigenvalue weighted by atomic mass is 10.3. The van der Waals surface area contributed by atoms with Crippen LogP contribution in [0.1, 0.15) is 6.92 Å². The van der Waals surface area contributed by atoms with Crippen molar-refractivity contribution in [2.45, 2.75) is 6.92 Å². The van der Waals surface area contributed by atoms with E-state index in [2.05, 4.69) is 9.78 Å². The van der Waals surface area contributed by atoms with Gasteiger partial charge in [0.15, 0.2) is 5.82 Å². The zero-order valence-corrected chi connectivity index (χ0v) is 6.91. The average Bonchev–Trinajstić information content (AvgIpc) is 2.02. The maximum Gasteiger partial charge on any atom is 0.352 e. The van der Waals surface area contributed by atoms with E-state index in [1.165, 1.54) is 12.1 Å². The van der Waals surface area contributed by atoms with Crippen molar-refractivity contribution in [3.8, 4) is 5.75 Å². The lowest BCUT2D eigenvalue weighted by Crippen LogP contribution is -2.04. The Morgan fingerprint density at radius 2 is 2.23 bits per heavy atom. The Bertz CT molecular complexity index is 327. The van der Waals surface area contributed by atoms with Gasteiger partial charge in [0.05, 0.1) is 0 Å². The van der Waals surface area contributed by atoms with Crippen LogP contribution >= 0.6 is 0 Å². The standard InChI is InChI=1S/C8H8FNO3/c1-5(11)12-13-8-3-2-6(10)4-7(8)9/h2-4H,10H2,1H3. The van der Waals surface area contributed by atoms with Crippen molar-refractivity contribution in [1.82, 2.24) is 0 Å². The minimum Gasteiger partial charge on any atom is -0.399 e. The molecule has 0 spiro atoms. The molecule has 0 saturated carbocycles. The van der Waals surface area contributed by atoms with Gasteiger partial charge in [0.2, 0.25) is 5.75 Å². The summed E-state index contributed by atoms with van der Waals surface area (Å²) in [5, 5.41) is 0. The van der Waals surface area contributed by atoms with Crippen LogP contribution in [-0.4, -0.2) is 5.97 Å². The highest BCUT2D eigenvalue weighted by Crippen LogP contribution is 2.19. The molecule has 0 aliphatic rings. The number of nitrogen functional groups attached to an aromatic ring is 1. The molecule has 0 saturated heterocycles. The number of nitrogens with two attached hydrogens (primary N) is 1. The second-order valence-electron chi connectivity index (χ2n) is 2.35. The van der Waals surface area contributed by atoms with Gasteiger partial charge in [0.25, 0.3) is 0 Å². The highest BCUT2D eigenvalue weighted by atomic mass is 19.1. The molecule has 0 unspecified atom stereocenters. The van der Waals surface area contributed by atoms with E-state index in [4.69, 9.17) is 5.73 Å². The Balaban J connectivity index is 2.72. The molecule has 0 fully saturated rings. The fourth-order valence-corrected chi connectivity index (χ4v) is 0.688. The fraction of sp³-hybridized carbons (Fsp3) is 0.125. The molecule has 13 heavy (non-hydrogen) atoms. The molecule has 1 rings (SSSR count). The minimum atomic E-state index is -0.679. The van der Waals surface area contributed by atoms with Gasteiger partial charge in [-0.25, -0.2) is 9.18 Å². The summed E-state index contributed by atoms with van der Waals surface area (Å²) < 4.78 is 12.9. The van der Waals surface area contributed by atoms with E-state index in [9.17, 15) is 9.18 Å². The predicted molar refractivity (Wildman–Crippen MR) is 43.2 cm³/mol. The van der Waals surface area contributed by atoms with E-state index < -0.39 is 11.8 Å². The first-order valence-corrected chi connectivity index (χ1v) is 3.49. The van der Waals surface area contributed by atoms with Crippen LogP contribution in [0.4, 0.5) is 10.1 Å². The van der Waals surface area contributed by atoms with E-state index >= 15 is 0 Å². The Morgan fingerprint density at radius 3 is 2.77 bits per heavy atom. The molecule has 1 aromatic carbocycles.